The second kappa shape index (κ2) is 6.83. The van der Waals surface area contributed by atoms with Crippen LogP contribution in [0.2, 0.25) is 5.02 Å². The number of aliphatic hydroxyl groups is 1. The highest BCUT2D eigenvalue weighted by Crippen LogP contribution is 2.20. The molecule has 0 radical (unpaired) electrons. The molecule has 22 heavy (non-hydrogen) atoms. The first-order valence-corrected chi connectivity index (χ1v) is 8.72. The molecule has 0 saturated carbocycles. The number of nitrogens with one attached hydrogen (secondary N) is 1. The Bertz CT molecular complexity index is 756. The monoisotopic (exact) mass is 342 g/mol. The van der Waals surface area contributed by atoms with Gasteiger partial charge in [0.15, 0.2) is 0 Å². The summed E-state index contributed by atoms with van der Waals surface area (Å²) < 4.78 is 28.6. The number of aliphatic hydroxyl groups excluding tert-OH is 1. The van der Waals surface area contributed by atoms with Gasteiger partial charge in [0.1, 0.15) is 0 Å². The van der Waals surface area contributed by atoms with Crippen LogP contribution in [0.5, 0.6) is 0 Å². The van der Waals surface area contributed by atoms with E-state index in [1.54, 1.807) is 16.7 Å². The van der Waals surface area contributed by atoms with Crippen molar-refractivity contribution in [3.63, 3.8) is 0 Å². The maximum atomic E-state index is 12.2. The molecule has 0 saturated heterocycles. The largest absolute Gasteiger partial charge is 0.387 e. The van der Waals surface area contributed by atoms with Gasteiger partial charge in [-0.05, 0) is 43.2 Å². The quantitative estimate of drug-likeness (QED) is 0.846. The summed E-state index contributed by atoms with van der Waals surface area (Å²) in [6.07, 6.45) is 1.40. The van der Waals surface area contributed by atoms with E-state index >= 15 is 0 Å². The van der Waals surface area contributed by atoms with Crippen molar-refractivity contribution >= 4 is 21.6 Å². The third-order valence-corrected chi connectivity index (χ3v) is 5.35. The molecule has 1 aromatic carbocycles. The van der Waals surface area contributed by atoms with Crippen LogP contribution < -0.4 is 4.72 Å². The van der Waals surface area contributed by atoms with Crippen LogP contribution in [0.3, 0.4) is 0 Å². The standard InChI is InChI=1S/C15H19ClN2O3S/c1-11-5-6-12(10-13(11)16)22(20,21)17-8-7-15(19)14-4-3-9-18(14)2/h3-6,9-10,15,17,19H,7-8H2,1-2H3. The van der Waals surface area contributed by atoms with Gasteiger partial charge in [0, 0.05) is 30.5 Å². The summed E-state index contributed by atoms with van der Waals surface area (Å²) >= 11 is 5.95. The molecule has 0 aliphatic rings. The summed E-state index contributed by atoms with van der Waals surface area (Å²) in [4.78, 5) is 0.122. The Labute approximate surface area is 135 Å². The van der Waals surface area contributed by atoms with Gasteiger partial charge in [-0.3, -0.25) is 0 Å². The van der Waals surface area contributed by atoms with Crippen LogP contribution >= 0.6 is 11.6 Å². The van der Waals surface area contributed by atoms with Crippen LogP contribution in [0, 0.1) is 6.92 Å². The normalized spacial score (nSPS) is 13.3. The number of sulfonamides is 1. The number of aromatic nitrogens is 1. The van der Waals surface area contributed by atoms with Crippen LogP contribution in [0.1, 0.15) is 23.8 Å². The summed E-state index contributed by atoms with van der Waals surface area (Å²) in [5.41, 5.74) is 1.57. The molecule has 0 bridgehead atoms. The summed E-state index contributed by atoms with van der Waals surface area (Å²) in [5, 5.41) is 10.5. The van der Waals surface area contributed by atoms with Gasteiger partial charge in [0.25, 0.3) is 0 Å². The average molecular weight is 343 g/mol. The lowest BCUT2D eigenvalue weighted by Gasteiger charge is -2.13. The number of rotatable bonds is 6. The molecule has 0 aliphatic heterocycles. The van der Waals surface area contributed by atoms with Crippen LogP contribution in [0.4, 0.5) is 0 Å². The molecule has 0 aliphatic carbocycles. The Hall–Kier alpha value is -1.34. The van der Waals surface area contributed by atoms with Gasteiger partial charge in [-0.25, -0.2) is 13.1 Å². The number of nitrogens with zero attached hydrogens (tertiary/aromatic N) is 1. The smallest absolute Gasteiger partial charge is 0.240 e. The van der Waals surface area contributed by atoms with E-state index in [0.717, 1.165) is 11.3 Å². The molecule has 0 spiro atoms. The Morgan fingerprint density at radius 1 is 1.36 bits per heavy atom. The second-order valence-electron chi connectivity index (χ2n) is 5.16. The predicted molar refractivity (Wildman–Crippen MR) is 86.4 cm³/mol. The molecule has 2 N–H and O–H groups in total. The first kappa shape index (κ1) is 17.0. The minimum atomic E-state index is -3.63. The Balaban J connectivity index is 1.98. The minimum absolute atomic E-state index is 0.122. The summed E-state index contributed by atoms with van der Waals surface area (Å²) in [6.45, 7) is 1.95. The van der Waals surface area contributed by atoms with E-state index in [9.17, 15) is 13.5 Å². The molecular weight excluding hydrogens is 324 g/mol. The van der Waals surface area contributed by atoms with E-state index < -0.39 is 16.1 Å². The van der Waals surface area contributed by atoms with E-state index in [2.05, 4.69) is 4.72 Å². The highest BCUT2D eigenvalue weighted by molar-refractivity contribution is 7.89. The van der Waals surface area contributed by atoms with Crippen molar-refractivity contribution < 1.29 is 13.5 Å². The topological polar surface area (TPSA) is 71.3 Å². The molecule has 1 unspecified atom stereocenters. The van der Waals surface area contributed by atoms with Crippen molar-refractivity contribution in [2.24, 2.45) is 7.05 Å². The zero-order chi connectivity index (χ0) is 16.3. The third-order valence-electron chi connectivity index (χ3n) is 3.49. The molecule has 1 atom stereocenters. The fourth-order valence-electron chi connectivity index (χ4n) is 2.12. The van der Waals surface area contributed by atoms with Gasteiger partial charge in [-0.15, -0.1) is 0 Å². The third kappa shape index (κ3) is 3.89. The van der Waals surface area contributed by atoms with Crippen LogP contribution in [-0.2, 0) is 17.1 Å². The van der Waals surface area contributed by atoms with Crippen molar-refractivity contribution in [2.75, 3.05) is 6.54 Å². The maximum Gasteiger partial charge on any atom is 0.240 e. The first-order valence-electron chi connectivity index (χ1n) is 6.86. The molecule has 1 aromatic heterocycles. The summed E-state index contributed by atoms with van der Waals surface area (Å²) in [6, 6.07) is 8.23. The maximum absolute atomic E-state index is 12.2. The van der Waals surface area contributed by atoms with Gasteiger partial charge in [-0.2, -0.15) is 0 Å². The van der Waals surface area contributed by atoms with Crippen molar-refractivity contribution in [2.45, 2.75) is 24.3 Å². The number of benzene rings is 1. The molecule has 0 fully saturated rings. The van der Waals surface area contributed by atoms with Gasteiger partial charge in [0.2, 0.25) is 10.0 Å². The molecule has 0 amide bonds. The fourth-order valence-corrected chi connectivity index (χ4v) is 3.44. The van der Waals surface area contributed by atoms with E-state index in [-0.39, 0.29) is 17.9 Å². The molecule has 2 aromatic rings. The predicted octanol–water partition coefficient (Wildman–Crippen LogP) is 2.39. The van der Waals surface area contributed by atoms with Crippen molar-refractivity contribution in [3.05, 3.63) is 52.8 Å². The van der Waals surface area contributed by atoms with E-state index in [4.69, 9.17) is 11.6 Å². The summed E-state index contributed by atoms with van der Waals surface area (Å²) in [7, 11) is -1.80. The van der Waals surface area contributed by atoms with Gasteiger partial charge in [0.05, 0.1) is 11.0 Å². The van der Waals surface area contributed by atoms with Gasteiger partial charge < -0.3 is 9.67 Å². The highest BCUT2D eigenvalue weighted by Gasteiger charge is 2.16. The van der Waals surface area contributed by atoms with E-state index in [0.29, 0.717) is 5.02 Å². The van der Waals surface area contributed by atoms with Crippen molar-refractivity contribution in [3.8, 4) is 0 Å². The Kier molecular flexibility index (Phi) is 5.28. The molecule has 120 valence electrons. The second-order valence-corrected chi connectivity index (χ2v) is 7.33. The zero-order valence-electron chi connectivity index (χ0n) is 12.5. The summed E-state index contributed by atoms with van der Waals surface area (Å²) in [5.74, 6) is 0. The molecular formula is C15H19ClN2O3S. The highest BCUT2D eigenvalue weighted by atomic mass is 35.5. The molecule has 2 rings (SSSR count). The van der Waals surface area contributed by atoms with Gasteiger partial charge >= 0.3 is 0 Å². The number of halogens is 1. The first-order chi connectivity index (χ1) is 10.3. The van der Waals surface area contributed by atoms with Crippen LogP contribution in [-0.4, -0.2) is 24.6 Å². The van der Waals surface area contributed by atoms with Crippen LogP contribution in [0.15, 0.2) is 41.4 Å². The SMILES string of the molecule is Cc1ccc(S(=O)(=O)NCCC(O)c2cccn2C)cc1Cl. The van der Waals surface area contributed by atoms with E-state index in [1.165, 1.54) is 12.1 Å². The lowest BCUT2D eigenvalue weighted by atomic mass is 10.2. The fraction of sp³-hybridized carbons (Fsp3) is 0.333. The zero-order valence-corrected chi connectivity index (χ0v) is 14.0. The Morgan fingerprint density at radius 2 is 2.09 bits per heavy atom. The van der Waals surface area contributed by atoms with E-state index in [1.807, 2.05) is 26.2 Å². The molecule has 7 heteroatoms. The van der Waals surface area contributed by atoms with Crippen molar-refractivity contribution in [1.29, 1.82) is 0 Å². The minimum Gasteiger partial charge on any atom is -0.387 e. The molecule has 5 nitrogen and oxygen atoms in total. The van der Waals surface area contributed by atoms with Crippen LogP contribution in [0.25, 0.3) is 0 Å². The number of hydrogen-bond donors (Lipinski definition) is 2. The van der Waals surface area contributed by atoms with Crippen molar-refractivity contribution in [1.82, 2.24) is 9.29 Å². The van der Waals surface area contributed by atoms with Gasteiger partial charge in [-0.1, -0.05) is 17.7 Å². The molecule has 1 heterocycles. The number of hydrogen-bond acceptors (Lipinski definition) is 3. The number of aryl methyl sites for hydroxylation is 2. The Morgan fingerprint density at radius 3 is 2.68 bits per heavy atom. The lowest BCUT2D eigenvalue weighted by molar-refractivity contribution is 0.161. The average Bonchev–Trinajstić information content (AvgIpc) is 2.87. The lowest BCUT2D eigenvalue weighted by Crippen LogP contribution is -2.26.